The Kier molecular flexibility index (Phi) is 11.2. The largest absolute Gasteiger partial charge is 0.508 e. The van der Waals surface area contributed by atoms with Gasteiger partial charge >= 0.3 is 6.16 Å². The van der Waals surface area contributed by atoms with Crippen LogP contribution < -0.4 is 0 Å². The van der Waals surface area contributed by atoms with Gasteiger partial charge in [0.1, 0.15) is 0 Å². The molecule has 17 heavy (non-hydrogen) atoms. The van der Waals surface area contributed by atoms with Crippen molar-refractivity contribution in [3.05, 3.63) is 0 Å². The number of ether oxygens (including phenoxy) is 3. The molecular formula is C13H26O4. The summed E-state index contributed by atoms with van der Waals surface area (Å²) in [5, 5.41) is 0. The van der Waals surface area contributed by atoms with Gasteiger partial charge in [0, 0.05) is 13.0 Å². The number of hydrogen-bond donors (Lipinski definition) is 0. The molecule has 0 aromatic rings. The van der Waals surface area contributed by atoms with Crippen LogP contribution in [0.4, 0.5) is 4.79 Å². The lowest BCUT2D eigenvalue weighted by atomic mass is 10.2. The van der Waals surface area contributed by atoms with Crippen molar-refractivity contribution in [3.63, 3.8) is 0 Å². The second-order valence-electron chi connectivity index (χ2n) is 4.06. The molecule has 4 heteroatoms. The van der Waals surface area contributed by atoms with E-state index in [0.717, 1.165) is 12.8 Å². The molecule has 0 bridgehead atoms. The van der Waals surface area contributed by atoms with E-state index in [2.05, 4.69) is 6.92 Å². The van der Waals surface area contributed by atoms with Gasteiger partial charge < -0.3 is 14.2 Å². The smallest absolute Gasteiger partial charge is 0.434 e. The van der Waals surface area contributed by atoms with Crippen LogP contribution in [0, 0.1) is 0 Å². The molecule has 0 amide bonds. The molecule has 102 valence electrons. The van der Waals surface area contributed by atoms with E-state index in [-0.39, 0.29) is 6.10 Å². The highest BCUT2D eigenvalue weighted by molar-refractivity contribution is 5.59. The van der Waals surface area contributed by atoms with E-state index in [0.29, 0.717) is 26.2 Å². The maximum atomic E-state index is 11.1. The first-order valence-electron chi connectivity index (χ1n) is 6.61. The molecule has 0 N–H and O–H groups in total. The standard InChI is InChI=1S/C13H26O4/c1-4-6-7-8-10-16-13(14)17-11-9-12(3)15-5-2/h12H,4-11H2,1-3H3. The second-order valence-corrected chi connectivity index (χ2v) is 4.06. The van der Waals surface area contributed by atoms with Gasteiger partial charge in [0.05, 0.1) is 19.3 Å². The van der Waals surface area contributed by atoms with E-state index in [1.807, 2.05) is 13.8 Å². The van der Waals surface area contributed by atoms with Gasteiger partial charge in [-0.25, -0.2) is 4.79 Å². The van der Waals surface area contributed by atoms with Crippen LogP contribution in [0.3, 0.4) is 0 Å². The summed E-state index contributed by atoms with van der Waals surface area (Å²) in [6.07, 6.45) is 4.65. The Morgan fingerprint density at radius 2 is 1.76 bits per heavy atom. The summed E-state index contributed by atoms with van der Waals surface area (Å²) in [5.74, 6) is 0. The van der Waals surface area contributed by atoms with E-state index < -0.39 is 6.16 Å². The van der Waals surface area contributed by atoms with Crippen molar-refractivity contribution in [2.45, 2.75) is 59.0 Å². The summed E-state index contributed by atoms with van der Waals surface area (Å²) in [6.45, 7) is 7.55. The molecule has 0 spiro atoms. The molecule has 0 saturated heterocycles. The molecule has 0 saturated carbocycles. The van der Waals surface area contributed by atoms with Crippen molar-refractivity contribution in [3.8, 4) is 0 Å². The monoisotopic (exact) mass is 246 g/mol. The fourth-order valence-corrected chi connectivity index (χ4v) is 1.40. The highest BCUT2D eigenvalue weighted by Crippen LogP contribution is 2.01. The number of rotatable bonds is 10. The molecule has 0 fully saturated rings. The molecule has 0 rings (SSSR count). The molecule has 0 aromatic carbocycles. The maximum absolute atomic E-state index is 11.1. The zero-order chi connectivity index (χ0) is 12.9. The predicted octanol–water partition coefficient (Wildman–Crippen LogP) is 3.54. The maximum Gasteiger partial charge on any atom is 0.508 e. The molecule has 0 heterocycles. The van der Waals surface area contributed by atoms with Crippen molar-refractivity contribution in [1.82, 2.24) is 0 Å². The van der Waals surface area contributed by atoms with Crippen molar-refractivity contribution in [2.24, 2.45) is 0 Å². The fraction of sp³-hybridized carbons (Fsp3) is 0.923. The Bertz CT molecular complexity index is 182. The zero-order valence-corrected chi connectivity index (χ0v) is 11.4. The zero-order valence-electron chi connectivity index (χ0n) is 11.4. The summed E-state index contributed by atoms with van der Waals surface area (Å²) >= 11 is 0. The van der Waals surface area contributed by atoms with E-state index in [1.54, 1.807) is 0 Å². The average molecular weight is 246 g/mol. The first-order valence-corrected chi connectivity index (χ1v) is 6.61. The van der Waals surface area contributed by atoms with Gasteiger partial charge in [-0.2, -0.15) is 0 Å². The number of carbonyl (C=O) groups is 1. The highest BCUT2D eigenvalue weighted by atomic mass is 16.7. The van der Waals surface area contributed by atoms with Crippen molar-refractivity contribution in [1.29, 1.82) is 0 Å². The Hall–Kier alpha value is -0.770. The van der Waals surface area contributed by atoms with Crippen LogP contribution in [0.5, 0.6) is 0 Å². The summed E-state index contributed by atoms with van der Waals surface area (Å²) in [5.41, 5.74) is 0. The third-order valence-electron chi connectivity index (χ3n) is 2.41. The third-order valence-corrected chi connectivity index (χ3v) is 2.41. The molecule has 0 aliphatic heterocycles. The molecular weight excluding hydrogens is 220 g/mol. The van der Waals surface area contributed by atoms with Crippen LogP contribution in [-0.2, 0) is 14.2 Å². The third kappa shape index (κ3) is 11.5. The number of hydrogen-bond acceptors (Lipinski definition) is 4. The lowest BCUT2D eigenvalue weighted by Gasteiger charge is -2.11. The molecule has 0 aliphatic carbocycles. The quantitative estimate of drug-likeness (QED) is 0.437. The van der Waals surface area contributed by atoms with E-state index in [9.17, 15) is 4.79 Å². The Morgan fingerprint density at radius 1 is 1.06 bits per heavy atom. The predicted molar refractivity (Wildman–Crippen MR) is 67.1 cm³/mol. The number of carbonyl (C=O) groups excluding carboxylic acids is 1. The summed E-state index contributed by atoms with van der Waals surface area (Å²) in [4.78, 5) is 11.1. The van der Waals surface area contributed by atoms with Crippen LogP contribution >= 0.6 is 0 Å². The van der Waals surface area contributed by atoms with Gasteiger partial charge in [-0.15, -0.1) is 0 Å². The highest BCUT2D eigenvalue weighted by Gasteiger charge is 2.06. The lowest BCUT2D eigenvalue weighted by Crippen LogP contribution is -2.15. The van der Waals surface area contributed by atoms with Crippen molar-refractivity contribution in [2.75, 3.05) is 19.8 Å². The summed E-state index contributed by atoms with van der Waals surface area (Å²) < 4.78 is 15.2. The van der Waals surface area contributed by atoms with Gasteiger partial charge in [0.2, 0.25) is 0 Å². The first-order chi connectivity index (χ1) is 8.20. The molecule has 1 atom stereocenters. The fourth-order valence-electron chi connectivity index (χ4n) is 1.40. The van der Waals surface area contributed by atoms with Gasteiger partial charge in [-0.1, -0.05) is 26.2 Å². The van der Waals surface area contributed by atoms with Crippen molar-refractivity contribution < 1.29 is 19.0 Å². The Balaban J connectivity index is 3.28. The minimum Gasteiger partial charge on any atom is -0.434 e. The van der Waals surface area contributed by atoms with Crippen LogP contribution in [-0.4, -0.2) is 32.1 Å². The first kappa shape index (κ1) is 16.2. The second kappa shape index (κ2) is 11.7. The van der Waals surface area contributed by atoms with Crippen LogP contribution in [0.25, 0.3) is 0 Å². The van der Waals surface area contributed by atoms with Crippen molar-refractivity contribution >= 4 is 6.16 Å². The summed E-state index contributed by atoms with van der Waals surface area (Å²) in [6, 6.07) is 0. The summed E-state index contributed by atoms with van der Waals surface area (Å²) in [7, 11) is 0. The average Bonchev–Trinajstić information content (AvgIpc) is 2.29. The number of unbranched alkanes of at least 4 members (excludes halogenated alkanes) is 3. The van der Waals surface area contributed by atoms with Gasteiger partial charge in [0.25, 0.3) is 0 Å². The molecule has 0 aromatic heterocycles. The van der Waals surface area contributed by atoms with E-state index >= 15 is 0 Å². The lowest BCUT2D eigenvalue weighted by molar-refractivity contribution is 0.0261. The van der Waals surface area contributed by atoms with Crippen LogP contribution in [0.2, 0.25) is 0 Å². The molecule has 4 nitrogen and oxygen atoms in total. The molecule has 0 aliphatic rings. The van der Waals surface area contributed by atoms with Gasteiger partial charge in [-0.3, -0.25) is 0 Å². The van der Waals surface area contributed by atoms with Crippen LogP contribution in [0.15, 0.2) is 0 Å². The molecule has 1 unspecified atom stereocenters. The van der Waals surface area contributed by atoms with Crippen LogP contribution in [0.1, 0.15) is 52.9 Å². The Labute approximate surface area is 105 Å². The van der Waals surface area contributed by atoms with E-state index in [4.69, 9.17) is 14.2 Å². The normalized spacial score (nSPS) is 12.2. The van der Waals surface area contributed by atoms with E-state index in [1.165, 1.54) is 12.8 Å². The van der Waals surface area contributed by atoms with Gasteiger partial charge in [-0.05, 0) is 20.3 Å². The SMILES string of the molecule is CCCCCCOC(=O)OCCC(C)OCC. The van der Waals surface area contributed by atoms with Gasteiger partial charge in [0.15, 0.2) is 0 Å². The Morgan fingerprint density at radius 3 is 2.41 bits per heavy atom. The molecule has 0 radical (unpaired) electrons. The minimum absolute atomic E-state index is 0.123. The minimum atomic E-state index is -0.565. The topological polar surface area (TPSA) is 44.8 Å².